The van der Waals surface area contributed by atoms with Crippen LogP contribution in [0.1, 0.15) is 74.7 Å². The van der Waals surface area contributed by atoms with Gasteiger partial charge < -0.3 is 9.47 Å². The van der Waals surface area contributed by atoms with Crippen molar-refractivity contribution in [3.8, 4) is 0 Å². The molecule has 2 heteroatoms. The first kappa shape index (κ1) is 19.2. The second-order valence-electron chi connectivity index (χ2n) is 8.73. The van der Waals surface area contributed by atoms with Gasteiger partial charge in [-0.1, -0.05) is 61.8 Å². The Hall–Kier alpha value is -0.0800. The third-order valence-corrected chi connectivity index (χ3v) is 7.59. The minimum Gasteiger partial charge on any atom is -0.349 e. The van der Waals surface area contributed by atoms with Crippen molar-refractivity contribution >= 4 is 0 Å². The van der Waals surface area contributed by atoms with Crippen LogP contribution in [-0.4, -0.2) is 18.5 Å². The molecule has 1 saturated carbocycles. The van der Waals surface area contributed by atoms with E-state index < -0.39 is 0 Å². The van der Waals surface area contributed by atoms with Gasteiger partial charge in [-0.2, -0.15) is 0 Å². The highest BCUT2D eigenvalue weighted by atomic mass is 16.7. The molecule has 2 aliphatic rings. The van der Waals surface area contributed by atoms with Crippen LogP contribution in [0, 0.1) is 41.4 Å². The van der Waals surface area contributed by atoms with E-state index in [1.54, 1.807) is 0 Å². The Morgan fingerprint density at radius 1 is 0.783 bits per heavy atom. The number of hydrogen-bond acceptors (Lipinski definition) is 2. The van der Waals surface area contributed by atoms with Gasteiger partial charge in [0.15, 0.2) is 6.29 Å². The summed E-state index contributed by atoms with van der Waals surface area (Å²) >= 11 is 0. The molecular formula is C21H40O2. The highest BCUT2D eigenvalue weighted by molar-refractivity contribution is 4.89. The van der Waals surface area contributed by atoms with E-state index in [9.17, 15) is 0 Å². The van der Waals surface area contributed by atoms with Gasteiger partial charge in [-0.15, -0.1) is 0 Å². The van der Waals surface area contributed by atoms with Crippen molar-refractivity contribution in [3.63, 3.8) is 0 Å². The highest BCUT2D eigenvalue weighted by Crippen LogP contribution is 2.44. The Labute approximate surface area is 144 Å². The van der Waals surface area contributed by atoms with Gasteiger partial charge >= 0.3 is 0 Å². The molecule has 0 bridgehead atoms. The summed E-state index contributed by atoms with van der Waals surface area (Å²) < 4.78 is 13.1. The predicted octanol–water partition coefficient (Wildman–Crippen LogP) is 5.75. The standard InChI is InChI=1S/C21H40O2/c1-9-18-11-12(3)13(4)16(7)20(18)23-21-17(8)14(5)15(6)19(10-2)22-21/h12-21H,9-11H2,1-8H3/t12?,13?,14-,15+,16-,17?,18?,19?,20+,21+/m1/s1. The maximum Gasteiger partial charge on any atom is 0.161 e. The molecular weight excluding hydrogens is 284 g/mol. The summed E-state index contributed by atoms with van der Waals surface area (Å²) in [5, 5.41) is 0. The van der Waals surface area contributed by atoms with E-state index in [0.29, 0.717) is 41.8 Å². The topological polar surface area (TPSA) is 18.5 Å². The van der Waals surface area contributed by atoms with Crippen molar-refractivity contribution in [2.24, 2.45) is 41.4 Å². The zero-order valence-corrected chi connectivity index (χ0v) is 16.7. The molecule has 136 valence electrons. The van der Waals surface area contributed by atoms with Crippen molar-refractivity contribution < 1.29 is 9.47 Å². The smallest absolute Gasteiger partial charge is 0.161 e. The van der Waals surface area contributed by atoms with E-state index in [1.165, 1.54) is 12.8 Å². The molecule has 2 fully saturated rings. The van der Waals surface area contributed by atoms with Gasteiger partial charge in [0.2, 0.25) is 0 Å². The summed E-state index contributed by atoms with van der Waals surface area (Å²) in [6.07, 6.45) is 4.29. The van der Waals surface area contributed by atoms with Crippen LogP contribution in [0.3, 0.4) is 0 Å². The fourth-order valence-electron chi connectivity index (χ4n) is 4.97. The lowest BCUT2D eigenvalue weighted by Crippen LogP contribution is -2.50. The fraction of sp³-hybridized carbons (Fsp3) is 1.00. The monoisotopic (exact) mass is 324 g/mol. The molecule has 2 nitrogen and oxygen atoms in total. The van der Waals surface area contributed by atoms with Crippen molar-refractivity contribution in [1.82, 2.24) is 0 Å². The van der Waals surface area contributed by atoms with E-state index in [0.717, 1.165) is 18.3 Å². The van der Waals surface area contributed by atoms with Gasteiger partial charge in [0.1, 0.15) is 0 Å². The molecule has 10 atom stereocenters. The molecule has 2 rings (SSSR count). The summed E-state index contributed by atoms with van der Waals surface area (Å²) in [6, 6.07) is 0. The lowest BCUT2D eigenvalue weighted by atomic mass is 9.67. The fourth-order valence-corrected chi connectivity index (χ4v) is 4.97. The zero-order chi connectivity index (χ0) is 17.3. The number of ether oxygens (including phenoxy) is 2. The Morgan fingerprint density at radius 3 is 2.00 bits per heavy atom. The van der Waals surface area contributed by atoms with Crippen molar-refractivity contribution in [3.05, 3.63) is 0 Å². The van der Waals surface area contributed by atoms with Crippen LogP contribution in [-0.2, 0) is 9.47 Å². The lowest BCUT2D eigenvalue weighted by Gasteiger charge is -2.49. The van der Waals surface area contributed by atoms with Crippen LogP contribution in [0.4, 0.5) is 0 Å². The molecule has 0 aromatic heterocycles. The molecule has 23 heavy (non-hydrogen) atoms. The normalized spacial score (nSPS) is 51.7. The van der Waals surface area contributed by atoms with E-state index in [4.69, 9.17) is 9.47 Å². The first-order chi connectivity index (χ1) is 10.8. The van der Waals surface area contributed by atoms with Crippen LogP contribution < -0.4 is 0 Å². The second-order valence-corrected chi connectivity index (χ2v) is 8.73. The van der Waals surface area contributed by atoms with Gasteiger partial charge in [-0.25, -0.2) is 0 Å². The minimum atomic E-state index is -0.0201. The minimum absolute atomic E-state index is 0.0201. The Bertz CT molecular complexity index is 365. The molecule has 1 heterocycles. The Balaban J connectivity index is 2.11. The molecule has 1 saturated heterocycles. The first-order valence-electron chi connectivity index (χ1n) is 10.1. The SMILES string of the molecule is CCC1O[C@@H](O[C@@H]2C(CC)CC(C)C(C)[C@H]2C)C(C)[C@H](C)[C@@H]1C. The summed E-state index contributed by atoms with van der Waals surface area (Å²) in [5.41, 5.74) is 0. The second kappa shape index (κ2) is 7.87. The number of rotatable bonds is 4. The first-order valence-corrected chi connectivity index (χ1v) is 10.1. The predicted molar refractivity (Wildman–Crippen MR) is 97.2 cm³/mol. The van der Waals surface area contributed by atoms with Crippen LogP contribution in [0.2, 0.25) is 0 Å². The van der Waals surface area contributed by atoms with Gasteiger partial charge in [0, 0.05) is 5.92 Å². The molecule has 0 spiro atoms. The van der Waals surface area contributed by atoms with E-state index >= 15 is 0 Å². The van der Waals surface area contributed by atoms with E-state index in [-0.39, 0.29) is 6.29 Å². The van der Waals surface area contributed by atoms with Crippen molar-refractivity contribution in [1.29, 1.82) is 0 Å². The van der Waals surface area contributed by atoms with Crippen molar-refractivity contribution in [2.75, 3.05) is 0 Å². The molecule has 1 aliphatic carbocycles. The van der Waals surface area contributed by atoms with Gasteiger partial charge in [0.05, 0.1) is 12.2 Å². The average molecular weight is 325 g/mol. The van der Waals surface area contributed by atoms with Gasteiger partial charge in [-0.05, 0) is 48.3 Å². The van der Waals surface area contributed by atoms with Crippen LogP contribution in [0.15, 0.2) is 0 Å². The van der Waals surface area contributed by atoms with E-state index in [2.05, 4.69) is 55.4 Å². The van der Waals surface area contributed by atoms with E-state index in [1.807, 2.05) is 0 Å². The Kier molecular flexibility index (Phi) is 6.58. The molecule has 0 aromatic carbocycles. The lowest BCUT2D eigenvalue weighted by molar-refractivity contribution is -0.283. The van der Waals surface area contributed by atoms with Crippen molar-refractivity contribution in [2.45, 2.75) is 93.2 Å². The third kappa shape index (κ3) is 3.79. The van der Waals surface area contributed by atoms with Crippen LogP contribution >= 0.6 is 0 Å². The molecule has 5 unspecified atom stereocenters. The van der Waals surface area contributed by atoms with Gasteiger partial charge in [0.25, 0.3) is 0 Å². The maximum absolute atomic E-state index is 6.71. The Morgan fingerprint density at radius 2 is 1.43 bits per heavy atom. The molecule has 0 radical (unpaired) electrons. The largest absolute Gasteiger partial charge is 0.349 e. The summed E-state index contributed by atoms with van der Waals surface area (Å²) in [4.78, 5) is 0. The zero-order valence-electron chi connectivity index (χ0n) is 16.7. The molecule has 0 aromatic rings. The van der Waals surface area contributed by atoms with Crippen LogP contribution in [0.25, 0.3) is 0 Å². The summed E-state index contributed by atoms with van der Waals surface area (Å²) in [5.74, 6) is 4.61. The number of hydrogen-bond donors (Lipinski definition) is 0. The maximum atomic E-state index is 6.71. The average Bonchev–Trinajstić information content (AvgIpc) is 2.55. The molecule has 0 amide bonds. The van der Waals surface area contributed by atoms with Crippen LogP contribution in [0.5, 0.6) is 0 Å². The molecule has 1 aliphatic heterocycles. The summed E-state index contributed by atoms with van der Waals surface area (Å²) in [6.45, 7) is 18.8. The highest BCUT2D eigenvalue weighted by Gasteiger charge is 2.44. The quantitative estimate of drug-likeness (QED) is 0.655. The molecule has 0 N–H and O–H groups in total. The third-order valence-electron chi connectivity index (χ3n) is 7.59. The summed E-state index contributed by atoms with van der Waals surface area (Å²) in [7, 11) is 0. The van der Waals surface area contributed by atoms with Gasteiger partial charge in [-0.3, -0.25) is 0 Å².